The number of nitrogens with one attached hydrogen (secondary N) is 1. The number of rotatable bonds is 2. The van der Waals surface area contributed by atoms with Gasteiger partial charge in [0, 0.05) is 19.5 Å². The second kappa shape index (κ2) is 6.00. The quantitative estimate of drug-likeness (QED) is 0.662. The van der Waals surface area contributed by atoms with E-state index in [1.54, 1.807) is 12.1 Å². The lowest BCUT2D eigenvalue weighted by molar-refractivity contribution is -0.384. The molecule has 0 radical (unpaired) electrons. The first-order valence-electron chi connectivity index (χ1n) is 6.73. The Morgan fingerprint density at radius 3 is 2.65 bits per heavy atom. The van der Waals surface area contributed by atoms with E-state index in [0.717, 1.165) is 43.5 Å². The number of nitrogens with zero attached hydrogens (tertiary/aromatic N) is 2. The van der Waals surface area contributed by atoms with E-state index in [9.17, 15) is 14.9 Å². The largest absolute Gasteiger partial charge is 0.321 e. The molecule has 0 fully saturated rings. The van der Waals surface area contributed by atoms with E-state index in [0.29, 0.717) is 5.69 Å². The van der Waals surface area contributed by atoms with Crippen LogP contribution in [-0.2, 0) is 17.6 Å². The van der Waals surface area contributed by atoms with Gasteiger partial charge in [-0.05, 0) is 50.0 Å². The van der Waals surface area contributed by atoms with Gasteiger partial charge in [0.15, 0.2) is 0 Å². The average molecular weight is 277 g/mol. The molecule has 2 rings (SSSR count). The summed E-state index contributed by atoms with van der Waals surface area (Å²) in [7, 11) is 2.06. The maximum atomic E-state index is 11.2. The van der Waals surface area contributed by atoms with Crippen LogP contribution in [0.1, 0.15) is 24.5 Å². The smallest absolute Gasteiger partial charge is 0.293 e. The Balaban J connectivity index is 2.42. The molecular formula is C14H19N3O3. The highest BCUT2D eigenvalue weighted by Crippen LogP contribution is 2.30. The van der Waals surface area contributed by atoms with Crippen LogP contribution in [0, 0.1) is 10.1 Å². The van der Waals surface area contributed by atoms with Crippen molar-refractivity contribution in [2.45, 2.75) is 26.2 Å². The highest BCUT2D eigenvalue weighted by molar-refractivity contribution is 5.91. The van der Waals surface area contributed by atoms with Gasteiger partial charge >= 0.3 is 0 Å². The lowest BCUT2D eigenvalue weighted by atomic mass is 9.96. The standard InChI is InChI=1S/C14H19N3O3/c1-10(18)15-13-8-11-4-3-6-16(2)7-5-12(11)9-14(13)17(19)20/h8-9H,3-7H2,1-2H3,(H,15,18). The third-order valence-corrected chi connectivity index (χ3v) is 3.57. The maximum Gasteiger partial charge on any atom is 0.293 e. The Bertz CT molecular complexity index is 543. The zero-order valence-corrected chi connectivity index (χ0v) is 11.8. The average Bonchev–Trinajstić information content (AvgIpc) is 2.34. The molecule has 1 N–H and O–H groups in total. The minimum Gasteiger partial charge on any atom is -0.321 e. The summed E-state index contributed by atoms with van der Waals surface area (Å²) in [5.41, 5.74) is 2.39. The van der Waals surface area contributed by atoms with Crippen LogP contribution in [0.4, 0.5) is 11.4 Å². The SMILES string of the molecule is CC(=O)Nc1cc2c(cc1[N+](=O)[O-])CCN(C)CCC2. The van der Waals surface area contributed by atoms with Gasteiger partial charge in [-0.2, -0.15) is 0 Å². The van der Waals surface area contributed by atoms with Crippen LogP contribution in [0.25, 0.3) is 0 Å². The van der Waals surface area contributed by atoms with Crippen LogP contribution < -0.4 is 5.32 Å². The van der Waals surface area contributed by atoms with Gasteiger partial charge in [-0.1, -0.05) is 0 Å². The number of nitro benzene ring substituents is 1. The van der Waals surface area contributed by atoms with Gasteiger partial charge in [0.2, 0.25) is 5.91 Å². The number of carbonyl (C=O) groups is 1. The Labute approximate surface area is 117 Å². The Morgan fingerprint density at radius 2 is 2.00 bits per heavy atom. The van der Waals surface area contributed by atoms with Crippen molar-refractivity contribution in [3.63, 3.8) is 0 Å². The zero-order valence-electron chi connectivity index (χ0n) is 11.8. The van der Waals surface area contributed by atoms with Gasteiger partial charge in [-0.15, -0.1) is 0 Å². The topological polar surface area (TPSA) is 75.5 Å². The summed E-state index contributed by atoms with van der Waals surface area (Å²) in [5.74, 6) is -0.293. The molecule has 0 aromatic heterocycles. The molecule has 0 aliphatic carbocycles. The fourth-order valence-electron chi connectivity index (χ4n) is 2.55. The predicted molar refractivity (Wildman–Crippen MR) is 76.9 cm³/mol. The summed E-state index contributed by atoms with van der Waals surface area (Å²) >= 11 is 0. The Kier molecular flexibility index (Phi) is 4.34. The maximum absolute atomic E-state index is 11.2. The van der Waals surface area contributed by atoms with E-state index in [2.05, 4.69) is 17.3 Å². The number of anilines is 1. The highest BCUT2D eigenvalue weighted by atomic mass is 16.6. The summed E-state index contributed by atoms with van der Waals surface area (Å²) < 4.78 is 0. The first-order valence-corrected chi connectivity index (χ1v) is 6.73. The minimum atomic E-state index is -0.436. The molecular weight excluding hydrogens is 258 g/mol. The van der Waals surface area contributed by atoms with E-state index in [-0.39, 0.29) is 11.6 Å². The third-order valence-electron chi connectivity index (χ3n) is 3.57. The zero-order chi connectivity index (χ0) is 14.7. The molecule has 0 bridgehead atoms. The minimum absolute atomic E-state index is 0.0258. The molecule has 1 aliphatic rings. The van der Waals surface area contributed by atoms with Crippen molar-refractivity contribution >= 4 is 17.3 Å². The van der Waals surface area contributed by atoms with Gasteiger partial charge in [-0.25, -0.2) is 0 Å². The van der Waals surface area contributed by atoms with Crippen LogP contribution in [0.15, 0.2) is 12.1 Å². The molecule has 0 spiro atoms. The number of aryl methyl sites for hydroxylation is 1. The first-order chi connectivity index (χ1) is 9.47. The van der Waals surface area contributed by atoms with Gasteiger partial charge in [0.1, 0.15) is 5.69 Å². The number of fused-ring (bicyclic) bond motifs is 1. The fraction of sp³-hybridized carbons (Fsp3) is 0.500. The van der Waals surface area contributed by atoms with E-state index >= 15 is 0 Å². The summed E-state index contributed by atoms with van der Waals surface area (Å²) in [5, 5.41) is 13.7. The summed E-state index contributed by atoms with van der Waals surface area (Å²) in [6, 6.07) is 3.37. The molecule has 108 valence electrons. The molecule has 0 atom stereocenters. The van der Waals surface area contributed by atoms with Crippen molar-refractivity contribution in [1.29, 1.82) is 0 Å². The Morgan fingerprint density at radius 1 is 1.30 bits per heavy atom. The molecule has 1 heterocycles. The number of hydrogen-bond donors (Lipinski definition) is 1. The van der Waals surface area contributed by atoms with Gasteiger partial charge in [0.25, 0.3) is 5.69 Å². The summed E-state index contributed by atoms with van der Waals surface area (Å²) in [6.45, 7) is 3.27. The molecule has 1 aliphatic heterocycles. The second-order valence-corrected chi connectivity index (χ2v) is 5.23. The normalized spacial score (nSPS) is 15.9. The monoisotopic (exact) mass is 277 g/mol. The second-order valence-electron chi connectivity index (χ2n) is 5.23. The van der Waals surface area contributed by atoms with E-state index in [1.807, 2.05) is 0 Å². The lowest BCUT2D eigenvalue weighted by Gasteiger charge is -2.22. The molecule has 1 aromatic rings. The van der Waals surface area contributed by atoms with Crippen LogP contribution in [-0.4, -0.2) is 35.9 Å². The van der Waals surface area contributed by atoms with E-state index in [4.69, 9.17) is 0 Å². The molecule has 0 unspecified atom stereocenters. The molecule has 20 heavy (non-hydrogen) atoms. The van der Waals surface area contributed by atoms with Crippen molar-refractivity contribution in [3.05, 3.63) is 33.4 Å². The number of hydrogen-bond acceptors (Lipinski definition) is 4. The van der Waals surface area contributed by atoms with Crippen LogP contribution in [0.2, 0.25) is 0 Å². The van der Waals surface area contributed by atoms with Crippen molar-refractivity contribution in [2.75, 3.05) is 25.5 Å². The van der Waals surface area contributed by atoms with Crippen LogP contribution >= 0.6 is 0 Å². The Hall–Kier alpha value is -1.95. The van der Waals surface area contributed by atoms with E-state index in [1.165, 1.54) is 6.92 Å². The molecule has 6 heteroatoms. The number of benzene rings is 1. The fourth-order valence-corrected chi connectivity index (χ4v) is 2.55. The van der Waals surface area contributed by atoms with Crippen LogP contribution in [0.3, 0.4) is 0 Å². The van der Waals surface area contributed by atoms with Gasteiger partial charge in [-0.3, -0.25) is 14.9 Å². The molecule has 0 saturated heterocycles. The number of likely N-dealkylation sites (N-methyl/N-ethyl adjacent to an activating group) is 1. The van der Waals surface area contributed by atoms with Gasteiger partial charge < -0.3 is 10.2 Å². The predicted octanol–water partition coefficient (Wildman–Crippen LogP) is 1.97. The molecule has 0 saturated carbocycles. The lowest BCUT2D eigenvalue weighted by Crippen LogP contribution is -2.25. The van der Waals surface area contributed by atoms with Crippen molar-refractivity contribution in [1.82, 2.24) is 4.90 Å². The van der Waals surface area contributed by atoms with Gasteiger partial charge in [0.05, 0.1) is 4.92 Å². The van der Waals surface area contributed by atoms with Crippen molar-refractivity contribution < 1.29 is 9.72 Å². The molecule has 1 aromatic carbocycles. The van der Waals surface area contributed by atoms with Crippen LogP contribution in [0.5, 0.6) is 0 Å². The summed E-state index contributed by atoms with van der Waals surface area (Å²) in [6.07, 6.45) is 2.69. The van der Waals surface area contributed by atoms with Crippen molar-refractivity contribution in [2.24, 2.45) is 0 Å². The number of nitro groups is 1. The van der Waals surface area contributed by atoms with Crippen molar-refractivity contribution in [3.8, 4) is 0 Å². The third kappa shape index (κ3) is 3.33. The number of carbonyl (C=O) groups excluding carboxylic acids is 1. The highest BCUT2D eigenvalue weighted by Gasteiger charge is 2.20. The van der Waals surface area contributed by atoms with E-state index < -0.39 is 4.92 Å². The molecule has 6 nitrogen and oxygen atoms in total. The first kappa shape index (κ1) is 14.5. The summed E-state index contributed by atoms with van der Waals surface area (Å²) in [4.78, 5) is 24.1. The molecule has 1 amide bonds. The number of amides is 1.